The monoisotopic (exact) mass is 450 g/mol. The van der Waals surface area contributed by atoms with Gasteiger partial charge in [-0.25, -0.2) is 4.79 Å². The third kappa shape index (κ3) is 7.01. The number of nitrogens with zero attached hydrogens (tertiary/aromatic N) is 2. The zero-order valence-corrected chi connectivity index (χ0v) is 18.7. The van der Waals surface area contributed by atoms with Gasteiger partial charge in [0, 0.05) is 18.7 Å². The minimum absolute atomic E-state index is 0.0950. The molecule has 0 aliphatic heterocycles. The Kier molecular flexibility index (Phi) is 8.30. The number of amides is 1. The summed E-state index contributed by atoms with van der Waals surface area (Å²) in [6.45, 7) is 0.0449. The summed E-state index contributed by atoms with van der Waals surface area (Å²) in [4.78, 5) is 26.6. The van der Waals surface area contributed by atoms with E-state index in [2.05, 4.69) is 0 Å². The summed E-state index contributed by atoms with van der Waals surface area (Å²) in [5, 5.41) is 8.63. The van der Waals surface area contributed by atoms with Crippen LogP contribution in [0, 0.1) is 11.3 Å². The zero-order chi connectivity index (χ0) is 23.6. The number of nitriles is 1. The molecule has 0 radical (unpaired) electrons. The van der Waals surface area contributed by atoms with E-state index in [4.69, 9.17) is 24.2 Å². The largest absolute Gasteiger partial charge is 0.497 e. The van der Waals surface area contributed by atoms with E-state index in [9.17, 15) is 9.59 Å². The maximum absolute atomic E-state index is 12.7. The summed E-state index contributed by atoms with van der Waals surface area (Å²) in [6.07, 6.45) is 4.71. The van der Waals surface area contributed by atoms with Gasteiger partial charge in [0.2, 0.25) is 0 Å². The van der Waals surface area contributed by atoms with Crippen molar-refractivity contribution in [2.75, 3.05) is 27.4 Å². The Bertz CT molecular complexity index is 1040. The Morgan fingerprint density at radius 3 is 2.48 bits per heavy atom. The number of rotatable bonds is 11. The minimum Gasteiger partial charge on any atom is -0.497 e. The minimum atomic E-state index is -0.618. The summed E-state index contributed by atoms with van der Waals surface area (Å²) in [6, 6.07) is 14.7. The van der Waals surface area contributed by atoms with Gasteiger partial charge in [-0.15, -0.1) is 0 Å². The van der Waals surface area contributed by atoms with E-state index in [0.29, 0.717) is 23.6 Å². The molecule has 8 heteroatoms. The van der Waals surface area contributed by atoms with Crippen LogP contribution < -0.4 is 14.2 Å². The van der Waals surface area contributed by atoms with Crippen molar-refractivity contribution in [3.05, 3.63) is 59.7 Å². The molecule has 172 valence electrons. The van der Waals surface area contributed by atoms with Crippen LogP contribution in [-0.4, -0.2) is 50.3 Å². The molecule has 1 aliphatic carbocycles. The fourth-order valence-corrected chi connectivity index (χ4v) is 3.18. The van der Waals surface area contributed by atoms with Gasteiger partial charge >= 0.3 is 5.97 Å². The summed E-state index contributed by atoms with van der Waals surface area (Å²) in [5.41, 5.74) is 1.66. The molecule has 3 rings (SSSR count). The van der Waals surface area contributed by atoms with Crippen molar-refractivity contribution in [3.8, 4) is 23.3 Å². The van der Waals surface area contributed by atoms with E-state index in [1.54, 1.807) is 36.3 Å². The fourth-order valence-electron chi connectivity index (χ4n) is 3.18. The normalized spacial score (nSPS) is 12.6. The molecule has 1 fully saturated rings. The number of benzene rings is 2. The average molecular weight is 450 g/mol. The van der Waals surface area contributed by atoms with E-state index in [-0.39, 0.29) is 25.2 Å². The molecule has 0 atom stereocenters. The highest BCUT2D eigenvalue weighted by Gasteiger charge is 2.32. The smallest absolute Gasteiger partial charge is 0.331 e. The maximum atomic E-state index is 12.7. The first-order valence-electron chi connectivity index (χ1n) is 10.5. The lowest BCUT2D eigenvalue weighted by atomic mass is 10.2. The molecular weight excluding hydrogens is 424 g/mol. The first kappa shape index (κ1) is 23.7. The molecule has 0 bridgehead atoms. The topological polar surface area (TPSA) is 98.1 Å². The fraction of sp³-hybridized carbons (Fsp3) is 0.320. The molecule has 0 aromatic heterocycles. The van der Waals surface area contributed by atoms with Crippen LogP contribution in [0.5, 0.6) is 17.2 Å². The van der Waals surface area contributed by atoms with E-state index < -0.39 is 5.97 Å². The molecule has 0 heterocycles. The average Bonchev–Trinajstić information content (AvgIpc) is 3.69. The van der Waals surface area contributed by atoms with Crippen molar-refractivity contribution in [1.82, 2.24) is 4.90 Å². The predicted molar refractivity (Wildman–Crippen MR) is 121 cm³/mol. The van der Waals surface area contributed by atoms with E-state index >= 15 is 0 Å². The third-order valence-electron chi connectivity index (χ3n) is 5.05. The van der Waals surface area contributed by atoms with Gasteiger partial charge < -0.3 is 23.8 Å². The van der Waals surface area contributed by atoms with Gasteiger partial charge in [0.25, 0.3) is 5.91 Å². The van der Waals surface area contributed by atoms with Crippen LogP contribution in [0.3, 0.4) is 0 Å². The van der Waals surface area contributed by atoms with Gasteiger partial charge in [-0.3, -0.25) is 4.79 Å². The molecule has 0 saturated heterocycles. The number of methoxy groups -OCH3 is 2. The summed E-state index contributed by atoms with van der Waals surface area (Å²) >= 11 is 0. The lowest BCUT2D eigenvalue weighted by Gasteiger charge is -2.22. The Hall–Kier alpha value is -3.99. The highest BCUT2D eigenvalue weighted by atomic mass is 16.5. The highest BCUT2D eigenvalue weighted by molar-refractivity contribution is 5.89. The predicted octanol–water partition coefficient (Wildman–Crippen LogP) is 3.35. The van der Waals surface area contributed by atoms with Gasteiger partial charge in [0.05, 0.1) is 14.2 Å². The SMILES string of the molecule is COc1ccc(CN(C(=O)COC(=O)/C=C/c2ccc(OCC#N)c(OC)c2)C2CC2)cc1. The molecule has 1 saturated carbocycles. The lowest BCUT2D eigenvalue weighted by Crippen LogP contribution is -2.35. The van der Waals surface area contributed by atoms with Crippen LogP contribution in [0.25, 0.3) is 6.08 Å². The summed E-state index contributed by atoms with van der Waals surface area (Å²) < 4.78 is 20.8. The van der Waals surface area contributed by atoms with Crippen molar-refractivity contribution in [2.45, 2.75) is 25.4 Å². The van der Waals surface area contributed by atoms with Crippen LogP contribution >= 0.6 is 0 Å². The number of hydrogen-bond acceptors (Lipinski definition) is 7. The number of carbonyl (C=O) groups is 2. The lowest BCUT2D eigenvalue weighted by molar-refractivity contribution is -0.148. The Balaban J connectivity index is 1.53. The molecule has 0 spiro atoms. The van der Waals surface area contributed by atoms with Gasteiger partial charge in [0.1, 0.15) is 11.8 Å². The molecule has 33 heavy (non-hydrogen) atoms. The first-order chi connectivity index (χ1) is 16.0. The highest BCUT2D eigenvalue weighted by Crippen LogP contribution is 2.29. The van der Waals surface area contributed by atoms with Gasteiger partial charge in [-0.2, -0.15) is 5.26 Å². The van der Waals surface area contributed by atoms with Crippen molar-refractivity contribution in [1.29, 1.82) is 5.26 Å². The van der Waals surface area contributed by atoms with Crippen LogP contribution in [-0.2, 0) is 20.9 Å². The molecule has 1 amide bonds. The van der Waals surface area contributed by atoms with Crippen LogP contribution in [0.15, 0.2) is 48.5 Å². The Labute approximate surface area is 192 Å². The van der Waals surface area contributed by atoms with Gasteiger partial charge in [-0.1, -0.05) is 18.2 Å². The van der Waals surface area contributed by atoms with Crippen LogP contribution in [0.2, 0.25) is 0 Å². The Morgan fingerprint density at radius 2 is 1.85 bits per heavy atom. The van der Waals surface area contributed by atoms with Crippen molar-refractivity contribution >= 4 is 18.0 Å². The second-order valence-corrected chi connectivity index (χ2v) is 7.40. The van der Waals surface area contributed by atoms with Crippen molar-refractivity contribution < 1.29 is 28.5 Å². The van der Waals surface area contributed by atoms with E-state index in [1.807, 2.05) is 30.3 Å². The molecule has 0 N–H and O–H groups in total. The number of ether oxygens (including phenoxy) is 4. The molecule has 1 aliphatic rings. The standard InChI is InChI=1S/C25H26N2O6/c1-30-21-9-3-19(4-10-21)16-27(20-7-8-20)24(28)17-33-25(29)12-6-18-5-11-22(32-14-13-26)23(15-18)31-2/h3-6,9-12,15,20H,7-8,14,16-17H2,1-2H3/b12-6+. The van der Waals surface area contributed by atoms with Crippen molar-refractivity contribution in [3.63, 3.8) is 0 Å². The van der Waals surface area contributed by atoms with Crippen molar-refractivity contribution in [2.24, 2.45) is 0 Å². The Morgan fingerprint density at radius 1 is 1.09 bits per heavy atom. The second-order valence-electron chi connectivity index (χ2n) is 7.40. The molecule has 2 aromatic rings. The number of esters is 1. The number of carbonyl (C=O) groups excluding carboxylic acids is 2. The van der Waals surface area contributed by atoms with Gasteiger partial charge in [-0.05, 0) is 54.3 Å². The summed E-state index contributed by atoms with van der Waals surface area (Å²) in [5.74, 6) is 0.782. The molecular formula is C25H26N2O6. The first-order valence-corrected chi connectivity index (χ1v) is 10.5. The number of hydrogen-bond donors (Lipinski definition) is 0. The molecule has 0 unspecified atom stereocenters. The van der Waals surface area contributed by atoms with Gasteiger partial charge in [0.15, 0.2) is 24.7 Å². The summed E-state index contributed by atoms with van der Waals surface area (Å²) in [7, 11) is 3.09. The molecule has 8 nitrogen and oxygen atoms in total. The third-order valence-corrected chi connectivity index (χ3v) is 5.05. The molecule has 2 aromatic carbocycles. The van der Waals surface area contributed by atoms with E-state index in [0.717, 1.165) is 24.2 Å². The van der Waals surface area contributed by atoms with Crippen LogP contribution in [0.4, 0.5) is 0 Å². The maximum Gasteiger partial charge on any atom is 0.331 e. The zero-order valence-electron chi connectivity index (χ0n) is 18.7. The quantitative estimate of drug-likeness (QED) is 0.382. The van der Waals surface area contributed by atoms with E-state index in [1.165, 1.54) is 13.2 Å². The second kappa shape index (κ2) is 11.6. The van der Waals surface area contributed by atoms with Crippen LogP contribution in [0.1, 0.15) is 24.0 Å².